The Bertz CT molecular complexity index is 368. The third kappa shape index (κ3) is 1.89. The van der Waals surface area contributed by atoms with Crippen LogP contribution in [0.15, 0.2) is 18.2 Å². The fraction of sp³-hybridized carbons (Fsp3) is 0.364. The highest BCUT2D eigenvalue weighted by Gasteiger charge is 2.16. The minimum absolute atomic E-state index is 0. The lowest BCUT2D eigenvalue weighted by Gasteiger charge is -2.21. The highest BCUT2D eigenvalue weighted by atomic mass is 35.5. The van der Waals surface area contributed by atoms with E-state index in [0.717, 1.165) is 24.8 Å². The Morgan fingerprint density at radius 3 is 2.93 bits per heavy atom. The van der Waals surface area contributed by atoms with Crippen molar-refractivity contribution >= 4 is 12.4 Å². The predicted molar refractivity (Wildman–Crippen MR) is 58.3 cm³/mol. The van der Waals surface area contributed by atoms with E-state index in [2.05, 4.69) is 6.07 Å². The van der Waals surface area contributed by atoms with Crippen molar-refractivity contribution in [1.82, 2.24) is 0 Å². The summed E-state index contributed by atoms with van der Waals surface area (Å²) in [6.45, 7) is 0. The highest BCUT2D eigenvalue weighted by molar-refractivity contribution is 5.85. The maximum atomic E-state index is 8.72. The number of hydrogen-bond acceptors (Lipinski definition) is 2. The van der Waals surface area contributed by atoms with Crippen molar-refractivity contribution in [3.05, 3.63) is 34.9 Å². The van der Waals surface area contributed by atoms with Gasteiger partial charge in [-0.15, -0.1) is 12.4 Å². The van der Waals surface area contributed by atoms with Crippen molar-refractivity contribution in [2.45, 2.75) is 25.3 Å². The lowest BCUT2D eigenvalue weighted by molar-refractivity contribution is 0.570. The first-order valence-corrected chi connectivity index (χ1v) is 4.60. The van der Waals surface area contributed by atoms with Crippen LogP contribution in [0.3, 0.4) is 0 Å². The zero-order chi connectivity index (χ0) is 9.26. The SMILES string of the molecule is Cl.N#Cc1ccc2c(c1)CCC[C@@H]2N. The summed E-state index contributed by atoms with van der Waals surface area (Å²) in [4.78, 5) is 0. The van der Waals surface area contributed by atoms with Crippen LogP contribution in [0, 0.1) is 11.3 Å². The molecule has 1 aliphatic carbocycles. The number of nitrogens with zero attached hydrogens (tertiary/aromatic N) is 1. The number of benzene rings is 1. The summed E-state index contributed by atoms with van der Waals surface area (Å²) in [6, 6.07) is 8.14. The fourth-order valence-electron chi connectivity index (χ4n) is 1.92. The third-order valence-corrected chi connectivity index (χ3v) is 2.63. The van der Waals surface area contributed by atoms with E-state index in [0.29, 0.717) is 0 Å². The summed E-state index contributed by atoms with van der Waals surface area (Å²) in [5.41, 5.74) is 9.19. The molecule has 1 aromatic carbocycles. The van der Waals surface area contributed by atoms with Gasteiger partial charge < -0.3 is 5.73 Å². The fourth-order valence-corrected chi connectivity index (χ4v) is 1.92. The van der Waals surface area contributed by atoms with Crippen LogP contribution in [-0.2, 0) is 6.42 Å². The van der Waals surface area contributed by atoms with Gasteiger partial charge in [-0.2, -0.15) is 5.26 Å². The molecule has 2 rings (SSSR count). The van der Waals surface area contributed by atoms with Gasteiger partial charge in [0.25, 0.3) is 0 Å². The predicted octanol–water partition coefficient (Wildman–Crippen LogP) is 2.32. The van der Waals surface area contributed by atoms with Gasteiger partial charge in [-0.05, 0) is 42.5 Å². The number of halogens is 1. The molecule has 0 spiro atoms. The molecule has 0 aliphatic heterocycles. The molecule has 0 saturated heterocycles. The van der Waals surface area contributed by atoms with Crippen LogP contribution in [0.2, 0.25) is 0 Å². The first-order valence-electron chi connectivity index (χ1n) is 4.60. The molecule has 0 heterocycles. The summed E-state index contributed by atoms with van der Waals surface area (Å²) in [6.07, 6.45) is 3.28. The Hall–Kier alpha value is -1.04. The van der Waals surface area contributed by atoms with Gasteiger partial charge in [0, 0.05) is 6.04 Å². The second kappa shape index (κ2) is 4.45. The van der Waals surface area contributed by atoms with Gasteiger partial charge in [0.15, 0.2) is 0 Å². The summed E-state index contributed by atoms with van der Waals surface area (Å²) >= 11 is 0. The van der Waals surface area contributed by atoms with Crippen molar-refractivity contribution in [3.63, 3.8) is 0 Å². The summed E-state index contributed by atoms with van der Waals surface area (Å²) in [7, 11) is 0. The lowest BCUT2D eigenvalue weighted by Crippen LogP contribution is -2.17. The lowest BCUT2D eigenvalue weighted by atomic mass is 9.87. The monoisotopic (exact) mass is 208 g/mol. The first-order chi connectivity index (χ1) is 6.31. The minimum atomic E-state index is 0. The molecule has 0 fully saturated rings. The number of aryl methyl sites for hydroxylation is 1. The smallest absolute Gasteiger partial charge is 0.0991 e. The second-order valence-corrected chi connectivity index (χ2v) is 3.52. The van der Waals surface area contributed by atoms with E-state index in [-0.39, 0.29) is 18.4 Å². The number of nitrogens with two attached hydrogens (primary N) is 1. The highest BCUT2D eigenvalue weighted by Crippen LogP contribution is 2.28. The quantitative estimate of drug-likeness (QED) is 0.712. The van der Waals surface area contributed by atoms with E-state index in [9.17, 15) is 0 Å². The molecule has 0 amide bonds. The Labute approximate surface area is 90.1 Å². The maximum Gasteiger partial charge on any atom is 0.0991 e. The van der Waals surface area contributed by atoms with E-state index >= 15 is 0 Å². The van der Waals surface area contributed by atoms with Gasteiger partial charge in [-0.25, -0.2) is 0 Å². The van der Waals surface area contributed by atoms with Gasteiger partial charge in [0.05, 0.1) is 11.6 Å². The molecule has 0 bridgehead atoms. The second-order valence-electron chi connectivity index (χ2n) is 3.52. The molecule has 2 nitrogen and oxygen atoms in total. The average Bonchev–Trinajstić information content (AvgIpc) is 2.18. The molecule has 1 aromatic rings. The molecular weight excluding hydrogens is 196 g/mol. The van der Waals surface area contributed by atoms with Crippen LogP contribution < -0.4 is 5.73 Å². The van der Waals surface area contributed by atoms with Crippen LogP contribution in [0.25, 0.3) is 0 Å². The van der Waals surface area contributed by atoms with Crippen molar-refractivity contribution in [1.29, 1.82) is 5.26 Å². The number of rotatable bonds is 0. The molecule has 74 valence electrons. The van der Waals surface area contributed by atoms with E-state index in [1.165, 1.54) is 11.1 Å². The van der Waals surface area contributed by atoms with Crippen molar-refractivity contribution in [3.8, 4) is 6.07 Å². The van der Waals surface area contributed by atoms with Gasteiger partial charge in [-0.1, -0.05) is 6.07 Å². The Morgan fingerprint density at radius 1 is 1.43 bits per heavy atom. The zero-order valence-electron chi connectivity index (χ0n) is 7.86. The third-order valence-electron chi connectivity index (χ3n) is 2.63. The van der Waals surface area contributed by atoms with Crippen molar-refractivity contribution in [2.24, 2.45) is 5.73 Å². The Kier molecular flexibility index (Phi) is 3.51. The van der Waals surface area contributed by atoms with Crippen LogP contribution in [0.1, 0.15) is 35.6 Å². The maximum absolute atomic E-state index is 8.72. The molecule has 0 radical (unpaired) electrons. The van der Waals surface area contributed by atoms with E-state index in [4.69, 9.17) is 11.0 Å². The largest absolute Gasteiger partial charge is 0.324 e. The molecular formula is C11H13ClN2. The Balaban J connectivity index is 0.000000980. The van der Waals surface area contributed by atoms with E-state index in [1.807, 2.05) is 18.2 Å². The Morgan fingerprint density at radius 2 is 2.21 bits per heavy atom. The van der Waals surface area contributed by atoms with Gasteiger partial charge in [0.2, 0.25) is 0 Å². The van der Waals surface area contributed by atoms with Crippen LogP contribution in [-0.4, -0.2) is 0 Å². The van der Waals surface area contributed by atoms with Gasteiger partial charge in [-0.3, -0.25) is 0 Å². The van der Waals surface area contributed by atoms with Crippen molar-refractivity contribution in [2.75, 3.05) is 0 Å². The summed E-state index contributed by atoms with van der Waals surface area (Å²) < 4.78 is 0. The molecule has 2 N–H and O–H groups in total. The zero-order valence-corrected chi connectivity index (χ0v) is 8.68. The summed E-state index contributed by atoms with van der Waals surface area (Å²) in [5.74, 6) is 0. The topological polar surface area (TPSA) is 49.8 Å². The number of hydrogen-bond donors (Lipinski definition) is 1. The van der Waals surface area contributed by atoms with E-state index in [1.54, 1.807) is 0 Å². The number of nitriles is 1. The molecule has 0 unspecified atom stereocenters. The molecule has 14 heavy (non-hydrogen) atoms. The molecule has 0 aromatic heterocycles. The molecule has 1 atom stereocenters. The van der Waals surface area contributed by atoms with Crippen LogP contribution >= 0.6 is 12.4 Å². The molecule has 1 aliphatic rings. The molecule has 0 saturated carbocycles. The van der Waals surface area contributed by atoms with Gasteiger partial charge >= 0.3 is 0 Å². The molecule has 3 heteroatoms. The number of fused-ring (bicyclic) bond motifs is 1. The standard InChI is InChI=1S/C11H12N2.ClH/c12-7-8-4-5-10-9(6-8)2-1-3-11(10)13;/h4-6,11H,1-3,13H2;1H/t11-;/m0./s1. The van der Waals surface area contributed by atoms with E-state index < -0.39 is 0 Å². The van der Waals surface area contributed by atoms with Gasteiger partial charge in [0.1, 0.15) is 0 Å². The van der Waals surface area contributed by atoms with Crippen LogP contribution in [0.5, 0.6) is 0 Å². The van der Waals surface area contributed by atoms with Crippen molar-refractivity contribution < 1.29 is 0 Å². The first kappa shape index (κ1) is 11.0. The average molecular weight is 209 g/mol. The summed E-state index contributed by atoms with van der Waals surface area (Å²) in [5, 5.41) is 8.72. The van der Waals surface area contributed by atoms with Crippen LogP contribution in [0.4, 0.5) is 0 Å². The normalized spacial score (nSPS) is 19.0. The minimum Gasteiger partial charge on any atom is -0.324 e.